The van der Waals surface area contributed by atoms with Crippen molar-refractivity contribution in [1.29, 1.82) is 0 Å². The SMILES string of the molecule is C#Cc1ccc(C#Cc2cc3c4c(ccc5c6ccc7c8c(ccc(c2c45)c86)C(=O)N(C(CC)CC)C7=O)C(=O)N(C(CC)CC)C3=O)cc1. The number of amides is 4. The molecule has 0 aliphatic carbocycles. The van der Waals surface area contributed by atoms with Crippen LogP contribution in [0.1, 0.15) is 112 Å². The molecule has 8 rings (SSSR count). The van der Waals surface area contributed by atoms with Gasteiger partial charge in [0.15, 0.2) is 0 Å². The van der Waals surface area contributed by atoms with Crippen molar-refractivity contribution in [3.8, 4) is 24.2 Å². The van der Waals surface area contributed by atoms with Crippen molar-refractivity contribution in [3.05, 3.63) is 106 Å². The molecule has 0 saturated carbocycles. The van der Waals surface area contributed by atoms with Crippen LogP contribution in [0.15, 0.2) is 66.7 Å². The van der Waals surface area contributed by atoms with E-state index >= 15 is 0 Å². The molecule has 2 aliphatic heterocycles. The highest BCUT2D eigenvalue weighted by molar-refractivity contribution is 6.42. The number of fused-ring (bicyclic) bond motifs is 2. The van der Waals surface area contributed by atoms with Gasteiger partial charge in [-0.05, 0) is 95.8 Å². The van der Waals surface area contributed by atoms with Gasteiger partial charge in [0.2, 0.25) is 0 Å². The third-order valence-electron chi connectivity index (χ3n) is 10.8. The first-order valence-corrected chi connectivity index (χ1v) is 17.4. The standard InChI is InChI=1S/C44H34N2O4/c1-6-24-11-13-25(14-12-24)15-16-26-23-35-39-34(43(49)46(44(35)50)28(9-4)10-5)21-18-30-29-17-20-32-38-33(22-19-31(37(29)38)36(26)40(30)39)42(48)45(41(32)47)27(7-2)8-3/h1,11-14,17-23,27-28H,7-10H2,2-5H3. The van der Waals surface area contributed by atoms with Gasteiger partial charge in [-0.2, -0.15) is 0 Å². The Kier molecular flexibility index (Phi) is 7.24. The Labute approximate surface area is 290 Å². The lowest BCUT2D eigenvalue weighted by Gasteiger charge is -2.34. The van der Waals surface area contributed by atoms with Gasteiger partial charge in [-0.25, -0.2) is 0 Å². The molecule has 0 radical (unpaired) electrons. The number of nitrogens with zero attached hydrogens (tertiary/aromatic N) is 2. The van der Waals surface area contributed by atoms with Crippen LogP contribution in [0.4, 0.5) is 0 Å². The van der Waals surface area contributed by atoms with E-state index in [0.29, 0.717) is 64.3 Å². The highest BCUT2D eigenvalue weighted by Crippen LogP contribution is 2.48. The van der Waals surface area contributed by atoms with Crippen LogP contribution in [-0.4, -0.2) is 45.5 Å². The summed E-state index contributed by atoms with van der Waals surface area (Å²) < 4.78 is 0. The minimum Gasteiger partial charge on any atom is -0.271 e. The third-order valence-corrected chi connectivity index (χ3v) is 10.8. The van der Waals surface area contributed by atoms with Gasteiger partial charge in [0.05, 0.1) is 0 Å². The van der Waals surface area contributed by atoms with Crippen molar-refractivity contribution in [1.82, 2.24) is 9.80 Å². The van der Waals surface area contributed by atoms with Crippen molar-refractivity contribution < 1.29 is 19.2 Å². The maximum atomic E-state index is 14.3. The summed E-state index contributed by atoms with van der Waals surface area (Å²) in [6.07, 6.45) is 8.21. The van der Waals surface area contributed by atoms with Crippen LogP contribution < -0.4 is 0 Å². The fourth-order valence-electron chi connectivity index (χ4n) is 8.26. The van der Waals surface area contributed by atoms with Gasteiger partial charge in [0.25, 0.3) is 23.6 Å². The van der Waals surface area contributed by atoms with Crippen LogP contribution >= 0.6 is 0 Å². The lowest BCUT2D eigenvalue weighted by Crippen LogP contribution is -2.46. The number of carbonyl (C=O) groups excluding carboxylic acids is 4. The summed E-state index contributed by atoms with van der Waals surface area (Å²) in [5.41, 5.74) is 4.04. The molecule has 2 heterocycles. The predicted molar refractivity (Wildman–Crippen MR) is 198 cm³/mol. The molecule has 0 aromatic heterocycles. The largest absolute Gasteiger partial charge is 0.271 e. The maximum absolute atomic E-state index is 14.3. The van der Waals surface area contributed by atoms with Crippen LogP contribution in [0.2, 0.25) is 0 Å². The summed E-state index contributed by atoms with van der Waals surface area (Å²) in [5, 5.41) is 6.09. The normalized spacial score (nSPS) is 14.2. The molecule has 0 saturated heterocycles. The third kappa shape index (κ3) is 4.18. The smallest absolute Gasteiger partial charge is 0.261 e. The highest BCUT2D eigenvalue weighted by atomic mass is 16.2. The van der Waals surface area contributed by atoms with E-state index in [1.54, 1.807) is 0 Å². The molecular weight excluding hydrogens is 620 g/mol. The predicted octanol–water partition coefficient (Wildman–Crippen LogP) is 8.69. The number of terminal acetylenes is 1. The van der Waals surface area contributed by atoms with E-state index in [-0.39, 0.29) is 35.7 Å². The van der Waals surface area contributed by atoms with Gasteiger partial charge in [-0.15, -0.1) is 6.42 Å². The average molecular weight is 655 g/mol. The van der Waals surface area contributed by atoms with E-state index in [1.165, 1.54) is 9.80 Å². The average Bonchev–Trinajstić information content (AvgIpc) is 3.14. The number of benzene rings is 6. The Morgan fingerprint density at radius 1 is 0.500 bits per heavy atom. The lowest BCUT2D eigenvalue weighted by molar-refractivity contribution is 0.0514. The van der Waals surface area contributed by atoms with E-state index < -0.39 is 0 Å². The van der Waals surface area contributed by atoms with Crippen LogP contribution in [-0.2, 0) is 0 Å². The van der Waals surface area contributed by atoms with Crippen molar-refractivity contribution in [3.63, 3.8) is 0 Å². The topological polar surface area (TPSA) is 74.8 Å². The molecule has 0 atom stereocenters. The van der Waals surface area contributed by atoms with Crippen molar-refractivity contribution in [2.24, 2.45) is 0 Å². The Bertz CT molecular complexity index is 2570. The zero-order valence-electron chi connectivity index (χ0n) is 28.4. The first-order chi connectivity index (χ1) is 24.3. The summed E-state index contributed by atoms with van der Waals surface area (Å²) in [4.78, 5) is 59.4. The molecule has 0 spiro atoms. The number of hydrogen-bond acceptors (Lipinski definition) is 4. The van der Waals surface area contributed by atoms with Gasteiger partial charge in [-0.3, -0.25) is 29.0 Å². The zero-order valence-corrected chi connectivity index (χ0v) is 28.4. The van der Waals surface area contributed by atoms with Gasteiger partial charge in [-0.1, -0.05) is 63.7 Å². The van der Waals surface area contributed by atoms with Crippen LogP contribution in [0.5, 0.6) is 0 Å². The summed E-state index contributed by atoms with van der Waals surface area (Å²) in [5.74, 6) is 8.09. The van der Waals surface area contributed by atoms with Crippen LogP contribution in [0.3, 0.4) is 0 Å². The fourth-order valence-corrected chi connectivity index (χ4v) is 8.26. The minimum absolute atomic E-state index is 0.200. The van der Waals surface area contributed by atoms with Crippen LogP contribution in [0.25, 0.3) is 43.1 Å². The molecule has 0 fully saturated rings. The second-order valence-corrected chi connectivity index (χ2v) is 13.2. The molecular formula is C44H34N2O4. The zero-order chi connectivity index (χ0) is 35.0. The molecule has 0 unspecified atom stereocenters. The van der Waals surface area contributed by atoms with Gasteiger partial charge in [0, 0.05) is 72.6 Å². The van der Waals surface area contributed by atoms with Crippen LogP contribution in [0, 0.1) is 24.2 Å². The number of hydrogen-bond donors (Lipinski definition) is 0. The summed E-state index contributed by atoms with van der Waals surface area (Å²) >= 11 is 0. The second-order valence-electron chi connectivity index (χ2n) is 13.2. The Morgan fingerprint density at radius 3 is 1.44 bits per heavy atom. The highest BCUT2D eigenvalue weighted by Gasteiger charge is 2.40. The summed E-state index contributed by atoms with van der Waals surface area (Å²) in [6, 6.07) is 20.1. The number of carbonyl (C=O) groups is 4. The van der Waals surface area contributed by atoms with Crippen molar-refractivity contribution in [2.75, 3.05) is 0 Å². The van der Waals surface area contributed by atoms with Gasteiger partial charge in [0.1, 0.15) is 0 Å². The second kappa shape index (κ2) is 11.6. The molecule has 6 aromatic rings. The van der Waals surface area contributed by atoms with E-state index in [9.17, 15) is 19.2 Å². The van der Waals surface area contributed by atoms with Crippen molar-refractivity contribution >= 4 is 66.7 Å². The van der Waals surface area contributed by atoms with E-state index in [0.717, 1.165) is 43.4 Å². The van der Waals surface area contributed by atoms with E-state index in [1.807, 2.05) is 94.4 Å². The van der Waals surface area contributed by atoms with E-state index in [4.69, 9.17) is 6.42 Å². The molecule has 2 aliphatic rings. The van der Waals surface area contributed by atoms with E-state index in [2.05, 4.69) is 17.8 Å². The summed E-state index contributed by atoms with van der Waals surface area (Å²) in [7, 11) is 0. The van der Waals surface area contributed by atoms with Gasteiger partial charge >= 0.3 is 0 Å². The molecule has 244 valence electrons. The van der Waals surface area contributed by atoms with Gasteiger partial charge < -0.3 is 0 Å². The molecule has 0 bridgehead atoms. The maximum Gasteiger partial charge on any atom is 0.261 e. The molecule has 6 nitrogen and oxygen atoms in total. The number of rotatable bonds is 6. The molecule has 50 heavy (non-hydrogen) atoms. The Hall–Kier alpha value is -5.98. The summed E-state index contributed by atoms with van der Waals surface area (Å²) in [6.45, 7) is 7.96. The lowest BCUT2D eigenvalue weighted by atomic mass is 9.80. The van der Waals surface area contributed by atoms with Crippen molar-refractivity contribution in [2.45, 2.75) is 65.5 Å². The minimum atomic E-state index is -0.324. The monoisotopic (exact) mass is 654 g/mol. The fraction of sp³-hybridized carbons (Fsp3) is 0.227. The molecule has 0 N–H and O–H groups in total. The number of imide groups is 2. The molecule has 4 amide bonds. The first-order valence-electron chi connectivity index (χ1n) is 17.4. The quantitative estimate of drug-likeness (QED) is 0.0780. The Balaban J connectivity index is 1.50. The molecule has 6 aromatic carbocycles. The Morgan fingerprint density at radius 2 is 0.940 bits per heavy atom. The first kappa shape index (κ1) is 31.3. The molecule has 6 heteroatoms.